The number of benzene rings is 3. The van der Waals surface area contributed by atoms with E-state index in [2.05, 4.69) is 0 Å². The van der Waals surface area contributed by atoms with Crippen LogP contribution in [0.5, 0.6) is 34.5 Å². The van der Waals surface area contributed by atoms with Crippen LogP contribution in [0.15, 0.2) is 57.8 Å². The lowest BCUT2D eigenvalue weighted by molar-refractivity contribution is -0.232. The molecule has 6 rings (SSSR count). The Kier molecular flexibility index (Phi) is 11.2. The number of aromatic hydroxyl groups is 4. The second-order valence-corrected chi connectivity index (χ2v) is 12.8. The number of fused-ring (bicyclic) bond motifs is 1. The van der Waals surface area contributed by atoms with Gasteiger partial charge in [-0.05, 0) is 48.0 Å². The Labute approximate surface area is 310 Å². The van der Waals surface area contributed by atoms with Crippen molar-refractivity contribution in [3.8, 4) is 45.8 Å². The van der Waals surface area contributed by atoms with Gasteiger partial charge < -0.3 is 79.2 Å². The molecule has 0 radical (unpaired) electrons. The maximum Gasteiger partial charge on any atom is 0.331 e. The summed E-state index contributed by atoms with van der Waals surface area (Å²) in [6.45, 7) is -1.51. The van der Waals surface area contributed by atoms with Crippen LogP contribution in [0, 0.1) is 0 Å². The number of hydrogen-bond donors (Lipinski definition) is 10. The van der Waals surface area contributed by atoms with Gasteiger partial charge in [-0.25, -0.2) is 4.79 Å². The fourth-order valence-corrected chi connectivity index (χ4v) is 6.57. The normalized spacial score (nSPS) is 26.9. The molecule has 294 valence electrons. The number of aliphatic hydroxyl groups is 6. The number of methoxy groups -OCH3 is 2. The van der Waals surface area contributed by atoms with Gasteiger partial charge in [-0.1, -0.05) is 0 Å². The van der Waals surface area contributed by atoms with Crippen molar-refractivity contribution in [1.82, 2.24) is 0 Å². The molecule has 3 aromatic carbocycles. The number of esters is 1. The predicted octanol–water partition coefficient (Wildman–Crippen LogP) is 0.233. The van der Waals surface area contributed by atoms with Crippen molar-refractivity contribution in [2.24, 2.45) is 0 Å². The van der Waals surface area contributed by atoms with Crippen molar-refractivity contribution in [1.29, 1.82) is 0 Å². The molecule has 2 fully saturated rings. The monoisotopic (exact) mass is 770 g/mol. The van der Waals surface area contributed by atoms with Crippen molar-refractivity contribution >= 4 is 23.0 Å². The minimum Gasteiger partial charge on any atom is -0.508 e. The lowest BCUT2D eigenvalue weighted by Crippen LogP contribution is -2.55. The zero-order valence-corrected chi connectivity index (χ0v) is 29.0. The first-order chi connectivity index (χ1) is 26.2. The number of hydrogen-bond acceptors (Lipinski definition) is 18. The smallest absolute Gasteiger partial charge is 0.331 e. The molecule has 0 aliphatic carbocycles. The first kappa shape index (κ1) is 39.3. The summed E-state index contributed by atoms with van der Waals surface area (Å²) in [5.74, 6) is -3.65. The van der Waals surface area contributed by atoms with Crippen LogP contribution >= 0.6 is 0 Å². The fraction of sp³-hybridized carbons (Fsp3) is 0.351. The molecule has 9 atom stereocenters. The quantitative estimate of drug-likeness (QED) is 0.0805. The molecule has 2 aliphatic heterocycles. The number of phenolic OH excluding ortho intramolecular Hbond substituents is 4. The van der Waals surface area contributed by atoms with Crippen LogP contribution in [-0.2, 0) is 19.0 Å². The molecule has 0 amide bonds. The lowest BCUT2D eigenvalue weighted by Gasteiger charge is -2.41. The third-order valence-electron chi connectivity index (χ3n) is 9.45. The van der Waals surface area contributed by atoms with Crippen LogP contribution in [0.25, 0.3) is 28.4 Å². The number of carbonyl (C=O) groups excluding carboxylic acids is 1. The van der Waals surface area contributed by atoms with E-state index in [4.69, 9.17) is 28.1 Å². The van der Waals surface area contributed by atoms with Crippen LogP contribution in [0.2, 0.25) is 0 Å². The van der Waals surface area contributed by atoms with E-state index in [1.54, 1.807) is 0 Å². The van der Waals surface area contributed by atoms with Crippen LogP contribution in [-0.4, -0.2) is 127 Å². The summed E-state index contributed by atoms with van der Waals surface area (Å²) in [6, 6.07) is 9.10. The maximum atomic E-state index is 13.8. The molecular weight excluding hydrogens is 732 g/mol. The van der Waals surface area contributed by atoms with E-state index >= 15 is 0 Å². The molecule has 2 aliphatic rings. The highest BCUT2D eigenvalue weighted by atomic mass is 16.6. The number of phenols is 4. The number of ether oxygens (including phenoxy) is 5. The van der Waals surface area contributed by atoms with Gasteiger partial charge in [0.25, 0.3) is 0 Å². The molecule has 3 heterocycles. The Hall–Kier alpha value is -5.44. The van der Waals surface area contributed by atoms with Gasteiger partial charge in [0.05, 0.1) is 38.6 Å². The second-order valence-electron chi connectivity index (χ2n) is 12.8. The third kappa shape index (κ3) is 7.24. The van der Waals surface area contributed by atoms with E-state index in [0.29, 0.717) is 5.56 Å². The average molecular weight is 771 g/mol. The molecule has 18 nitrogen and oxygen atoms in total. The van der Waals surface area contributed by atoms with Crippen LogP contribution in [0.4, 0.5) is 0 Å². The van der Waals surface area contributed by atoms with Crippen molar-refractivity contribution in [2.75, 3.05) is 27.4 Å². The van der Waals surface area contributed by atoms with Gasteiger partial charge in [-0.2, -0.15) is 0 Å². The molecule has 0 saturated carbocycles. The fourth-order valence-electron chi connectivity index (χ4n) is 6.57. The van der Waals surface area contributed by atoms with E-state index in [1.165, 1.54) is 56.7 Å². The topological polar surface area (TPSA) is 296 Å². The number of rotatable bonds is 9. The Morgan fingerprint density at radius 1 is 0.818 bits per heavy atom. The zero-order valence-electron chi connectivity index (χ0n) is 29.0. The zero-order chi connectivity index (χ0) is 39.9. The first-order valence-electron chi connectivity index (χ1n) is 16.7. The van der Waals surface area contributed by atoms with E-state index in [-0.39, 0.29) is 34.3 Å². The molecule has 55 heavy (non-hydrogen) atoms. The second kappa shape index (κ2) is 15.7. The minimum absolute atomic E-state index is 0.0174. The molecule has 10 N–H and O–H groups in total. The SMILES string of the molecule is COc1cc(C=CC(=O)O[C@@H]2[C@@H](O)[C@@H](O)CO[C@H]2c2c(O)c([C@@H]3O[C@H](CO)[C@H](O)[C@H](O)[C@H]3O)c3oc(-c4ccc(O)cc4)cc(=O)c3c2O)cc(OC)c1O. The van der Waals surface area contributed by atoms with Gasteiger partial charge in [0.2, 0.25) is 5.75 Å². The summed E-state index contributed by atoms with van der Waals surface area (Å²) in [4.78, 5) is 27.0. The summed E-state index contributed by atoms with van der Waals surface area (Å²) in [7, 11) is 2.59. The van der Waals surface area contributed by atoms with Gasteiger partial charge >= 0.3 is 5.97 Å². The Balaban J connectivity index is 1.49. The van der Waals surface area contributed by atoms with E-state index in [9.17, 15) is 60.7 Å². The average Bonchev–Trinajstić information content (AvgIpc) is 3.16. The van der Waals surface area contributed by atoms with E-state index in [1.807, 2.05) is 0 Å². The Morgan fingerprint density at radius 3 is 2.09 bits per heavy atom. The third-order valence-corrected chi connectivity index (χ3v) is 9.45. The Morgan fingerprint density at radius 2 is 1.47 bits per heavy atom. The molecular formula is C37H38O18. The van der Waals surface area contributed by atoms with Gasteiger partial charge in [0.1, 0.15) is 77.2 Å². The largest absolute Gasteiger partial charge is 0.508 e. The maximum absolute atomic E-state index is 13.8. The summed E-state index contributed by atoms with van der Waals surface area (Å²) < 4.78 is 33.2. The van der Waals surface area contributed by atoms with Crippen molar-refractivity contribution in [3.05, 3.63) is 75.5 Å². The van der Waals surface area contributed by atoms with Crippen molar-refractivity contribution in [3.63, 3.8) is 0 Å². The lowest BCUT2D eigenvalue weighted by atomic mass is 9.85. The number of aliphatic hydroxyl groups excluding tert-OH is 6. The first-order valence-corrected chi connectivity index (χ1v) is 16.7. The van der Waals surface area contributed by atoms with Gasteiger partial charge in [-0.15, -0.1) is 0 Å². The standard InChI is InChI=1S/C37H38O18/c1-50-20-9-14(10-21(51-2)28(20)44)3-8-23(42)55-37-27(43)18(41)13-52-36(37)25-30(46)24-17(40)11-19(15-4-6-16(39)7-5-15)53-34(24)26(31(25)47)35-33(49)32(48)29(45)22(12-38)54-35/h3-11,18,22,27,29,32-33,35-39,41,43-49H,12-13H2,1-2H3/t18-,22+,27-,29-,32-,33+,35-,36-,37+/m0/s1. The minimum atomic E-state index is -2.05. The van der Waals surface area contributed by atoms with E-state index in [0.717, 1.165) is 12.1 Å². The van der Waals surface area contributed by atoms with Crippen LogP contribution < -0.4 is 14.9 Å². The molecule has 4 aromatic rings. The van der Waals surface area contributed by atoms with Crippen molar-refractivity contribution in [2.45, 2.75) is 54.9 Å². The van der Waals surface area contributed by atoms with E-state index < -0.39 is 113 Å². The summed E-state index contributed by atoms with van der Waals surface area (Å²) in [6.07, 6.45) is -14.4. The summed E-state index contributed by atoms with van der Waals surface area (Å²) in [5, 5.41) is 107. The van der Waals surface area contributed by atoms with Crippen LogP contribution in [0.1, 0.15) is 28.9 Å². The number of carbonyl (C=O) groups is 1. The summed E-state index contributed by atoms with van der Waals surface area (Å²) >= 11 is 0. The molecule has 0 unspecified atom stereocenters. The molecule has 2 saturated heterocycles. The predicted molar refractivity (Wildman–Crippen MR) is 186 cm³/mol. The van der Waals surface area contributed by atoms with Gasteiger partial charge in [-0.3, -0.25) is 4.79 Å². The molecule has 0 bridgehead atoms. The highest BCUT2D eigenvalue weighted by Crippen LogP contribution is 2.51. The molecule has 18 heteroatoms. The molecule has 1 aromatic heterocycles. The van der Waals surface area contributed by atoms with Crippen molar-refractivity contribution < 1.29 is 84.0 Å². The summed E-state index contributed by atoms with van der Waals surface area (Å²) in [5.41, 5.74) is -2.23. The van der Waals surface area contributed by atoms with Gasteiger partial charge in [0, 0.05) is 17.7 Å². The molecule has 0 spiro atoms. The Bertz CT molecular complexity index is 2120. The van der Waals surface area contributed by atoms with Crippen LogP contribution in [0.3, 0.4) is 0 Å². The van der Waals surface area contributed by atoms with Gasteiger partial charge in [0.15, 0.2) is 28.6 Å². The highest BCUT2D eigenvalue weighted by Gasteiger charge is 2.49. The highest BCUT2D eigenvalue weighted by molar-refractivity contribution is 5.92.